The summed E-state index contributed by atoms with van der Waals surface area (Å²) in [7, 11) is 3.16. The van der Waals surface area contributed by atoms with Crippen LogP contribution in [0.3, 0.4) is 0 Å². The van der Waals surface area contributed by atoms with Crippen LogP contribution in [0.5, 0.6) is 11.5 Å². The molecule has 6 heteroatoms. The molecule has 1 saturated heterocycles. The van der Waals surface area contributed by atoms with Crippen molar-refractivity contribution in [3.63, 3.8) is 0 Å². The topological polar surface area (TPSA) is 67.9 Å². The smallest absolute Gasteiger partial charge is 0.227 e. The number of nitrogens with one attached hydrogen (secondary N) is 1. The molecule has 1 aliphatic heterocycles. The molecule has 0 atom stereocenters. The number of nitrogens with zero attached hydrogens (tertiary/aromatic N) is 1. The summed E-state index contributed by atoms with van der Waals surface area (Å²) in [4.78, 5) is 27.1. The van der Waals surface area contributed by atoms with Crippen LogP contribution in [0.1, 0.15) is 24.0 Å². The van der Waals surface area contributed by atoms with E-state index in [1.807, 2.05) is 54.3 Å². The van der Waals surface area contributed by atoms with Gasteiger partial charge in [0.25, 0.3) is 0 Å². The Morgan fingerprint density at radius 3 is 2.38 bits per heavy atom. The van der Waals surface area contributed by atoms with E-state index in [-0.39, 0.29) is 17.7 Å². The molecule has 0 aliphatic carbocycles. The molecule has 1 N–H and O–H groups in total. The van der Waals surface area contributed by atoms with Gasteiger partial charge in [0.05, 0.1) is 20.6 Å². The van der Waals surface area contributed by atoms with Crippen molar-refractivity contribution in [3.05, 3.63) is 53.6 Å². The number of amides is 2. The molecule has 3 rings (SSSR count). The van der Waals surface area contributed by atoms with Gasteiger partial charge in [0, 0.05) is 24.7 Å². The Hall–Kier alpha value is -3.02. The zero-order valence-electron chi connectivity index (χ0n) is 17.2. The van der Waals surface area contributed by atoms with Gasteiger partial charge in [-0.3, -0.25) is 9.59 Å². The average molecular weight is 396 g/mol. The maximum absolute atomic E-state index is 12.7. The summed E-state index contributed by atoms with van der Waals surface area (Å²) in [6.45, 7) is 3.17. The summed E-state index contributed by atoms with van der Waals surface area (Å²) >= 11 is 0. The number of benzene rings is 2. The minimum Gasteiger partial charge on any atom is -0.493 e. The van der Waals surface area contributed by atoms with Gasteiger partial charge >= 0.3 is 0 Å². The third-order valence-electron chi connectivity index (χ3n) is 5.42. The lowest BCUT2D eigenvalue weighted by Gasteiger charge is -2.31. The van der Waals surface area contributed by atoms with E-state index in [2.05, 4.69) is 5.32 Å². The number of rotatable bonds is 6. The molecule has 1 aliphatic rings. The zero-order valence-corrected chi connectivity index (χ0v) is 17.2. The number of para-hydroxylation sites is 1. The molecule has 2 amide bonds. The molecule has 0 aromatic heterocycles. The standard InChI is InChI=1S/C23H28N2O4/c1-16-6-4-5-7-19(16)24-23(27)18-10-12-25(13-11-18)22(26)15-17-8-9-20(28-2)21(14-17)29-3/h4-9,14,18H,10-13,15H2,1-3H3,(H,24,27). The number of carbonyl (C=O) groups is 2. The molecule has 0 unspecified atom stereocenters. The summed E-state index contributed by atoms with van der Waals surface area (Å²) in [6.07, 6.45) is 1.66. The molecular formula is C23H28N2O4. The van der Waals surface area contributed by atoms with Crippen LogP contribution in [-0.4, -0.2) is 44.0 Å². The minimum absolute atomic E-state index is 0.0336. The Labute approximate surface area is 171 Å². The molecule has 1 heterocycles. The molecule has 29 heavy (non-hydrogen) atoms. The van der Waals surface area contributed by atoms with Crippen molar-refractivity contribution < 1.29 is 19.1 Å². The van der Waals surface area contributed by atoms with Crippen molar-refractivity contribution in [2.24, 2.45) is 5.92 Å². The largest absolute Gasteiger partial charge is 0.493 e. The van der Waals surface area contributed by atoms with Crippen LogP contribution in [0.4, 0.5) is 5.69 Å². The van der Waals surface area contributed by atoms with E-state index in [0.29, 0.717) is 43.9 Å². The molecule has 154 valence electrons. The molecule has 2 aromatic carbocycles. The minimum atomic E-state index is -0.0697. The van der Waals surface area contributed by atoms with Crippen LogP contribution in [-0.2, 0) is 16.0 Å². The highest BCUT2D eigenvalue weighted by atomic mass is 16.5. The summed E-state index contributed by atoms with van der Waals surface area (Å²) in [5.74, 6) is 1.29. The van der Waals surface area contributed by atoms with Gasteiger partial charge in [0.2, 0.25) is 11.8 Å². The lowest BCUT2D eigenvalue weighted by molar-refractivity contribution is -0.133. The number of anilines is 1. The Morgan fingerprint density at radius 2 is 1.72 bits per heavy atom. The van der Waals surface area contributed by atoms with Gasteiger partial charge in [-0.25, -0.2) is 0 Å². The monoisotopic (exact) mass is 396 g/mol. The van der Waals surface area contributed by atoms with Crippen LogP contribution >= 0.6 is 0 Å². The number of carbonyl (C=O) groups excluding carboxylic acids is 2. The van der Waals surface area contributed by atoms with Crippen molar-refractivity contribution in [1.29, 1.82) is 0 Å². The highest BCUT2D eigenvalue weighted by Crippen LogP contribution is 2.28. The molecular weight excluding hydrogens is 368 g/mol. The summed E-state index contributed by atoms with van der Waals surface area (Å²) in [5, 5.41) is 3.02. The third-order valence-corrected chi connectivity index (χ3v) is 5.42. The SMILES string of the molecule is COc1ccc(CC(=O)N2CCC(C(=O)Nc3ccccc3C)CC2)cc1OC. The molecule has 0 saturated carbocycles. The van der Waals surface area contributed by atoms with Gasteiger partial charge < -0.3 is 19.7 Å². The second-order valence-corrected chi connectivity index (χ2v) is 7.33. The Balaban J connectivity index is 1.53. The maximum atomic E-state index is 12.7. The van der Waals surface area contributed by atoms with Crippen molar-refractivity contribution in [3.8, 4) is 11.5 Å². The fourth-order valence-corrected chi connectivity index (χ4v) is 3.62. The first kappa shape index (κ1) is 20.7. The number of hydrogen-bond acceptors (Lipinski definition) is 4. The summed E-state index contributed by atoms with van der Waals surface area (Å²) < 4.78 is 10.5. The van der Waals surface area contributed by atoms with E-state index in [1.165, 1.54) is 0 Å². The van der Waals surface area contributed by atoms with Crippen molar-refractivity contribution in [2.75, 3.05) is 32.6 Å². The van der Waals surface area contributed by atoms with Crippen LogP contribution in [0.25, 0.3) is 0 Å². The van der Waals surface area contributed by atoms with E-state index >= 15 is 0 Å². The Kier molecular flexibility index (Phi) is 6.75. The number of hydrogen-bond donors (Lipinski definition) is 1. The Morgan fingerprint density at radius 1 is 1.03 bits per heavy atom. The van der Waals surface area contributed by atoms with Gasteiger partial charge in [-0.1, -0.05) is 24.3 Å². The van der Waals surface area contributed by atoms with Gasteiger partial charge in [-0.2, -0.15) is 0 Å². The zero-order chi connectivity index (χ0) is 20.8. The van der Waals surface area contributed by atoms with Crippen LogP contribution in [0, 0.1) is 12.8 Å². The number of aryl methyl sites for hydroxylation is 1. The third kappa shape index (κ3) is 5.08. The first-order chi connectivity index (χ1) is 14.0. The van der Waals surface area contributed by atoms with Gasteiger partial charge in [-0.15, -0.1) is 0 Å². The first-order valence-electron chi connectivity index (χ1n) is 9.87. The predicted octanol–water partition coefficient (Wildman–Crippen LogP) is 3.43. The predicted molar refractivity (Wildman–Crippen MR) is 112 cm³/mol. The van der Waals surface area contributed by atoms with E-state index < -0.39 is 0 Å². The van der Waals surface area contributed by atoms with Crippen molar-refractivity contribution in [2.45, 2.75) is 26.2 Å². The van der Waals surface area contributed by atoms with Gasteiger partial charge in [0.1, 0.15) is 0 Å². The van der Waals surface area contributed by atoms with Gasteiger partial charge in [0.15, 0.2) is 11.5 Å². The molecule has 1 fully saturated rings. The van der Waals surface area contributed by atoms with E-state index in [4.69, 9.17) is 9.47 Å². The van der Waals surface area contributed by atoms with E-state index in [0.717, 1.165) is 16.8 Å². The Bertz CT molecular complexity index is 873. The molecule has 0 bridgehead atoms. The molecule has 0 radical (unpaired) electrons. The van der Waals surface area contributed by atoms with E-state index in [9.17, 15) is 9.59 Å². The molecule has 6 nitrogen and oxygen atoms in total. The number of ether oxygens (including phenoxy) is 2. The number of piperidine rings is 1. The second kappa shape index (κ2) is 9.45. The number of methoxy groups -OCH3 is 2. The van der Waals surface area contributed by atoms with Crippen LogP contribution in [0.2, 0.25) is 0 Å². The summed E-state index contributed by atoms with van der Waals surface area (Å²) in [6, 6.07) is 13.3. The van der Waals surface area contributed by atoms with Gasteiger partial charge in [-0.05, 0) is 49.1 Å². The normalized spacial score (nSPS) is 14.4. The molecule has 2 aromatic rings. The van der Waals surface area contributed by atoms with Crippen molar-refractivity contribution in [1.82, 2.24) is 4.90 Å². The van der Waals surface area contributed by atoms with Crippen LogP contribution in [0.15, 0.2) is 42.5 Å². The average Bonchev–Trinajstić information content (AvgIpc) is 2.75. The van der Waals surface area contributed by atoms with E-state index in [1.54, 1.807) is 14.2 Å². The fraction of sp³-hybridized carbons (Fsp3) is 0.391. The lowest BCUT2D eigenvalue weighted by atomic mass is 9.95. The fourth-order valence-electron chi connectivity index (χ4n) is 3.62. The quantitative estimate of drug-likeness (QED) is 0.812. The van der Waals surface area contributed by atoms with Crippen molar-refractivity contribution >= 4 is 17.5 Å². The number of likely N-dealkylation sites (tertiary alicyclic amines) is 1. The highest BCUT2D eigenvalue weighted by molar-refractivity contribution is 5.93. The van der Waals surface area contributed by atoms with Crippen LogP contribution < -0.4 is 14.8 Å². The second-order valence-electron chi connectivity index (χ2n) is 7.33. The summed E-state index contributed by atoms with van der Waals surface area (Å²) in [5.41, 5.74) is 2.78. The molecule has 0 spiro atoms. The highest BCUT2D eigenvalue weighted by Gasteiger charge is 2.27. The maximum Gasteiger partial charge on any atom is 0.227 e. The lowest BCUT2D eigenvalue weighted by Crippen LogP contribution is -2.42. The first-order valence-corrected chi connectivity index (χ1v) is 9.87.